The van der Waals surface area contributed by atoms with Crippen LogP contribution in [0.15, 0.2) is 22.7 Å². The van der Waals surface area contributed by atoms with E-state index in [1.807, 2.05) is 39.0 Å². The first-order valence-corrected chi connectivity index (χ1v) is 9.06. The summed E-state index contributed by atoms with van der Waals surface area (Å²) in [5.41, 5.74) is 3.11. The van der Waals surface area contributed by atoms with Gasteiger partial charge in [0, 0.05) is 31.9 Å². The van der Waals surface area contributed by atoms with Gasteiger partial charge in [0.2, 0.25) is 11.8 Å². The zero-order valence-corrected chi connectivity index (χ0v) is 16.0. The number of rotatable bonds is 5. The first-order valence-electron chi connectivity index (χ1n) is 9.06. The SMILES string of the molecule is Cc1noc([C@H](C)N2CCN(CC(=O)Nc3c(C)cccc3C)CC2)n1. The number of aryl methyl sites for hydroxylation is 3. The summed E-state index contributed by atoms with van der Waals surface area (Å²) in [6.07, 6.45) is 0. The fourth-order valence-corrected chi connectivity index (χ4v) is 3.34. The number of aromatic nitrogens is 2. The molecule has 0 aliphatic carbocycles. The lowest BCUT2D eigenvalue weighted by Gasteiger charge is -2.36. The number of piperazine rings is 1. The highest BCUT2D eigenvalue weighted by Crippen LogP contribution is 2.21. The van der Waals surface area contributed by atoms with Gasteiger partial charge in [-0.25, -0.2) is 0 Å². The number of hydrogen-bond acceptors (Lipinski definition) is 6. The first kappa shape index (κ1) is 18.5. The van der Waals surface area contributed by atoms with Gasteiger partial charge in [0.15, 0.2) is 5.82 Å². The molecular formula is C19H27N5O2. The van der Waals surface area contributed by atoms with Crippen LogP contribution in [0.25, 0.3) is 0 Å². The molecule has 0 unspecified atom stereocenters. The van der Waals surface area contributed by atoms with Crippen molar-refractivity contribution in [3.63, 3.8) is 0 Å². The van der Waals surface area contributed by atoms with Gasteiger partial charge < -0.3 is 9.84 Å². The van der Waals surface area contributed by atoms with Crippen molar-refractivity contribution in [2.24, 2.45) is 0 Å². The predicted octanol–water partition coefficient (Wildman–Crippen LogP) is 2.31. The summed E-state index contributed by atoms with van der Waals surface area (Å²) in [6, 6.07) is 6.14. The van der Waals surface area contributed by atoms with Crippen LogP contribution in [0.4, 0.5) is 5.69 Å². The number of para-hydroxylation sites is 1. The molecule has 2 aromatic rings. The van der Waals surface area contributed by atoms with Crippen molar-refractivity contribution >= 4 is 11.6 Å². The molecule has 1 N–H and O–H groups in total. The Bertz CT molecular complexity index is 745. The Balaban J connectivity index is 1.50. The van der Waals surface area contributed by atoms with E-state index in [0.717, 1.165) is 43.0 Å². The summed E-state index contributed by atoms with van der Waals surface area (Å²) in [7, 11) is 0. The molecule has 1 fully saturated rings. The van der Waals surface area contributed by atoms with E-state index in [-0.39, 0.29) is 11.9 Å². The Morgan fingerprint density at radius 2 is 1.85 bits per heavy atom. The lowest BCUT2D eigenvalue weighted by atomic mass is 10.1. The Morgan fingerprint density at radius 3 is 2.42 bits per heavy atom. The Hall–Kier alpha value is -2.25. The fraction of sp³-hybridized carbons (Fsp3) is 0.526. The molecule has 1 atom stereocenters. The van der Waals surface area contributed by atoms with Crippen molar-refractivity contribution in [1.82, 2.24) is 19.9 Å². The van der Waals surface area contributed by atoms with E-state index >= 15 is 0 Å². The van der Waals surface area contributed by atoms with Crippen molar-refractivity contribution in [2.45, 2.75) is 33.7 Å². The summed E-state index contributed by atoms with van der Waals surface area (Å²) in [5, 5.41) is 6.93. The second-order valence-corrected chi connectivity index (χ2v) is 6.98. The van der Waals surface area contributed by atoms with Crippen LogP contribution >= 0.6 is 0 Å². The topological polar surface area (TPSA) is 74.5 Å². The van der Waals surface area contributed by atoms with E-state index in [4.69, 9.17) is 4.52 Å². The quantitative estimate of drug-likeness (QED) is 0.885. The molecule has 1 aromatic carbocycles. The molecular weight excluding hydrogens is 330 g/mol. The van der Waals surface area contributed by atoms with Crippen LogP contribution in [0.5, 0.6) is 0 Å². The Labute approximate surface area is 154 Å². The van der Waals surface area contributed by atoms with E-state index in [1.54, 1.807) is 0 Å². The van der Waals surface area contributed by atoms with E-state index in [0.29, 0.717) is 18.3 Å². The summed E-state index contributed by atoms with van der Waals surface area (Å²) < 4.78 is 5.28. The Morgan fingerprint density at radius 1 is 1.19 bits per heavy atom. The maximum atomic E-state index is 12.4. The second kappa shape index (κ2) is 7.97. The summed E-state index contributed by atoms with van der Waals surface area (Å²) in [5.74, 6) is 1.36. The lowest BCUT2D eigenvalue weighted by Crippen LogP contribution is -2.49. The zero-order valence-electron chi connectivity index (χ0n) is 16.0. The molecule has 0 bridgehead atoms. The molecule has 1 aromatic heterocycles. The molecule has 2 heterocycles. The maximum absolute atomic E-state index is 12.4. The molecule has 0 radical (unpaired) electrons. The number of amides is 1. The molecule has 1 aliphatic rings. The van der Waals surface area contributed by atoms with E-state index in [9.17, 15) is 4.79 Å². The number of nitrogens with one attached hydrogen (secondary N) is 1. The summed E-state index contributed by atoms with van der Waals surface area (Å²) in [4.78, 5) is 21.2. The average Bonchev–Trinajstić information content (AvgIpc) is 3.05. The van der Waals surface area contributed by atoms with Gasteiger partial charge in [-0.2, -0.15) is 4.98 Å². The summed E-state index contributed by atoms with van der Waals surface area (Å²) in [6.45, 7) is 11.8. The molecule has 26 heavy (non-hydrogen) atoms. The molecule has 3 rings (SSSR count). The number of nitrogens with zero attached hydrogens (tertiary/aromatic N) is 4. The third-order valence-electron chi connectivity index (χ3n) is 4.97. The highest BCUT2D eigenvalue weighted by atomic mass is 16.5. The number of hydrogen-bond donors (Lipinski definition) is 1. The normalized spacial score (nSPS) is 17.2. The van der Waals surface area contributed by atoms with Crippen LogP contribution in [-0.4, -0.2) is 58.6 Å². The minimum atomic E-state index is 0.0384. The fourth-order valence-electron chi connectivity index (χ4n) is 3.34. The van der Waals surface area contributed by atoms with Gasteiger partial charge in [-0.1, -0.05) is 23.4 Å². The van der Waals surface area contributed by atoms with Crippen molar-refractivity contribution < 1.29 is 9.32 Å². The molecule has 0 saturated carbocycles. The smallest absolute Gasteiger partial charge is 0.243 e. The highest BCUT2D eigenvalue weighted by Gasteiger charge is 2.26. The number of carbonyl (C=O) groups is 1. The standard InChI is InChI=1S/C19H27N5O2/c1-13-6-5-7-14(2)18(13)21-17(25)12-23-8-10-24(11-9-23)15(3)19-20-16(4)22-26-19/h5-7,15H,8-12H2,1-4H3,(H,21,25)/t15-/m0/s1. The largest absolute Gasteiger partial charge is 0.338 e. The first-order chi connectivity index (χ1) is 12.4. The van der Waals surface area contributed by atoms with E-state index < -0.39 is 0 Å². The van der Waals surface area contributed by atoms with Crippen molar-refractivity contribution in [1.29, 1.82) is 0 Å². The van der Waals surface area contributed by atoms with Crippen LogP contribution in [-0.2, 0) is 4.79 Å². The molecule has 1 amide bonds. The van der Waals surface area contributed by atoms with Crippen LogP contribution < -0.4 is 5.32 Å². The molecule has 1 aliphatic heterocycles. The van der Waals surface area contributed by atoms with Gasteiger partial charge in [0.1, 0.15) is 0 Å². The van der Waals surface area contributed by atoms with Gasteiger partial charge in [0.25, 0.3) is 0 Å². The molecule has 7 nitrogen and oxygen atoms in total. The molecule has 0 spiro atoms. The zero-order chi connectivity index (χ0) is 18.7. The minimum absolute atomic E-state index is 0.0384. The van der Waals surface area contributed by atoms with E-state index in [1.165, 1.54) is 0 Å². The predicted molar refractivity (Wildman–Crippen MR) is 100 cm³/mol. The van der Waals surface area contributed by atoms with Gasteiger partial charge in [-0.15, -0.1) is 0 Å². The second-order valence-electron chi connectivity index (χ2n) is 6.98. The van der Waals surface area contributed by atoms with Gasteiger partial charge in [-0.3, -0.25) is 14.6 Å². The van der Waals surface area contributed by atoms with E-state index in [2.05, 4.69) is 32.2 Å². The lowest BCUT2D eigenvalue weighted by molar-refractivity contribution is -0.117. The average molecular weight is 357 g/mol. The minimum Gasteiger partial charge on any atom is -0.338 e. The molecule has 7 heteroatoms. The number of carbonyl (C=O) groups excluding carboxylic acids is 1. The molecule has 140 valence electrons. The number of anilines is 1. The summed E-state index contributed by atoms with van der Waals surface area (Å²) >= 11 is 0. The maximum Gasteiger partial charge on any atom is 0.243 e. The van der Waals surface area contributed by atoms with Crippen molar-refractivity contribution in [3.05, 3.63) is 41.0 Å². The third-order valence-corrected chi connectivity index (χ3v) is 4.97. The Kier molecular flexibility index (Phi) is 5.68. The van der Waals surface area contributed by atoms with Gasteiger partial charge in [-0.05, 0) is 38.8 Å². The van der Waals surface area contributed by atoms with Crippen LogP contribution in [0.2, 0.25) is 0 Å². The van der Waals surface area contributed by atoms with Gasteiger partial charge >= 0.3 is 0 Å². The van der Waals surface area contributed by atoms with Crippen LogP contribution in [0.3, 0.4) is 0 Å². The molecule has 1 saturated heterocycles. The number of benzene rings is 1. The highest BCUT2D eigenvalue weighted by molar-refractivity contribution is 5.93. The van der Waals surface area contributed by atoms with Crippen LogP contribution in [0, 0.1) is 20.8 Å². The third kappa shape index (κ3) is 4.28. The monoisotopic (exact) mass is 357 g/mol. The van der Waals surface area contributed by atoms with Gasteiger partial charge in [0.05, 0.1) is 12.6 Å². The van der Waals surface area contributed by atoms with Crippen LogP contribution in [0.1, 0.15) is 35.8 Å². The van der Waals surface area contributed by atoms with Crippen molar-refractivity contribution in [2.75, 3.05) is 38.0 Å². The van der Waals surface area contributed by atoms with Crippen molar-refractivity contribution in [3.8, 4) is 0 Å².